The van der Waals surface area contributed by atoms with Crippen LogP contribution in [0.2, 0.25) is 0 Å². The summed E-state index contributed by atoms with van der Waals surface area (Å²) < 4.78 is 5.22. The van der Waals surface area contributed by atoms with E-state index in [9.17, 15) is 9.90 Å². The van der Waals surface area contributed by atoms with E-state index in [2.05, 4.69) is 5.32 Å². The number of nitrogens with two attached hydrogens (primary N) is 1. The Labute approximate surface area is 101 Å². The second-order valence-electron chi connectivity index (χ2n) is 3.90. The number of ether oxygens (including phenoxy) is 1. The van der Waals surface area contributed by atoms with E-state index >= 15 is 0 Å². The van der Waals surface area contributed by atoms with Gasteiger partial charge in [-0.25, -0.2) is 0 Å². The summed E-state index contributed by atoms with van der Waals surface area (Å²) in [5, 5.41) is 11.9. The summed E-state index contributed by atoms with van der Waals surface area (Å²) in [5.74, 6) is 0.0592. The van der Waals surface area contributed by atoms with Crippen molar-refractivity contribution in [2.75, 3.05) is 19.0 Å². The van der Waals surface area contributed by atoms with Crippen LogP contribution in [0.15, 0.2) is 12.1 Å². The van der Waals surface area contributed by atoms with Gasteiger partial charge >= 0.3 is 0 Å². The third kappa shape index (κ3) is 3.18. The molecule has 0 aliphatic carbocycles. The maximum Gasteiger partial charge on any atom is 0.254 e. The van der Waals surface area contributed by atoms with E-state index in [-0.39, 0.29) is 6.54 Å². The fourth-order valence-electron chi connectivity index (χ4n) is 1.64. The van der Waals surface area contributed by atoms with Crippen LogP contribution in [-0.4, -0.2) is 30.8 Å². The molecule has 1 unspecified atom stereocenters. The zero-order chi connectivity index (χ0) is 13.0. The molecule has 0 spiro atoms. The fraction of sp³-hybridized carbons (Fsp3) is 0.417. The van der Waals surface area contributed by atoms with E-state index in [0.717, 1.165) is 11.1 Å². The molecule has 5 heteroatoms. The van der Waals surface area contributed by atoms with Crippen LogP contribution in [0, 0.1) is 13.8 Å². The van der Waals surface area contributed by atoms with Crippen LogP contribution in [0.4, 0.5) is 5.69 Å². The highest BCUT2D eigenvalue weighted by Gasteiger charge is 2.16. The highest BCUT2D eigenvalue weighted by atomic mass is 16.5. The molecule has 17 heavy (non-hydrogen) atoms. The molecule has 1 aromatic carbocycles. The van der Waals surface area contributed by atoms with Crippen molar-refractivity contribution in [1.29, 1.82) is 0 Å². The number of methoxy groups -OCH3 is 1. The molecule has 0 bridgehead atoms. The van der Waals surface area contributed by atoms with Crippen molar-refractivity contribution >= 4 is 11.6 Å². The molecule has 0 radical (unpaired) electrons. The van der Waals surface area contributed by atoms with Crippen molar-refractivity contribution in [3.05, 3.63) is 23.3 Å². The molecule has 0 saturated heterocycles. The second-order valence-corrected chi connectivity index (χ2v) is 3.90. The van der Waals surface area contributed by atoms with Gasteiger partial charge in [-0.3, -0.25) is 4.79 Å². The molecule has 0 fully saturated rings. The maximum atomic E-state index is 11.5. The Morgan fingerprint density at radius 2 is 2.18 bits per heavy atom. The lowest BCUT2D eigenvalue weighted by atomic mass is 10.1. The Bertz CT molecular complexity index is 418. The van der Waals surface area contributed by atoms with Crippen LogP contribution < -0.4 is 15.8 Å². The average Bonchev–Trinajstić information content (AvgIpc) is 2.27. The van der Waals surface area contributed by atoms with Crippen molar-refractivity contribution in [2.24, 2.45) is 5.73 Å². The number of rotatable bonds is 4. The second kappa shape index (κ2) is 5.65. The van der Waals surface area contributed by atoms with Crippen molar-refractivity contribution in [1.82, 2.24) is 0 Å². The summed E-state index contributed by atoms with van der Waals surface area (Å²) in [4.78, 5) is 11.5. The number of aliphatic hydroxyl groups excluding tert-OH is 1. The highest BCUT2D eigenvalue weighted by molar-refractivity contribution is 5.95. The van der Waals surface area contributed by atoms with Crippen LogP contribution >= 0.6 is 0 Å². The fourth-order valence-corrected chi connectivity index (χ4v) is 1.64. The minimum absolute atomic E-state index is 0.112. The first-order valence-electron chi connectivity index (χ1n) is 5.33. The van der Waals surface area contributed by atoms with Gasteiger partial charge in [0.05, 0.1) is 12.8 Å². The topological polar surface area (TPSA) is 84.6 Å². The lowest BCUT2D eigenvalue weighted by Crippen LogP contribution is -2.34. The smallest absolute Gasteiger partial charge is 0.254 e. The lowest BCUT2D eigenvalue weighted by molar-refractivity contribution is -0.123. The molecule has 1 amide bonds. The molecule has 1 rings (SSSR count). The van der Waals surface area contributed by atoms with Gasteiger partial charge in [0.25, 0.3) is 5.91 Å². The van der Waals surface area contributed by atoms with Gasteiger partial charge in [-0.05, 0) is 31.0 Å². The molecular weight excluding hydrogens is 220 g/mol. The van der Waals surface area contributed by atoms with Gasteiger partial charge in [-0.15, -0.1) is 0 Å². The van der Waals surface area contributed by atoms with Gasteiger partial charge in [-0.2, -0.15) is 0 Å². The van der Waals surface area contributed by atoms with Gasteiger partial charge < -0.3 is 20.9 Å². The van der Waals surface area contributed by atoms with E-state index in [4.69, 9.17) is 10.5 Å². The summed E-state index contributed by atoms with van der Waals surface area (Å²) in [7, 11) is 1.53. The van der Waals surface area contributed by atoms with Gasteiger partial charge in [0.2, 0.25) is 0 Å². The molecule has 1 atom stereocenters. The third-order valence-corrected chi connectivity index (χ3v) is 2.41. The molecule has 1 aromatic rings. The Balaban J connectivity index is 3.01. The van der Waals surface area contributed by atoms with Gasteiger partial charge in [-0.1, -0.05) is 6.07 Å². The molecule has 0 heterocycles. The Kier molecular flexibility index (Phi) is 4.48. The monoisotopic (exact) mass is 238 g/mol. The van der Waals surface area contributed by atoms with Crippen LogP contribution in [0.1, 0.15) is 11.1 Å². The van der Waals surface area contributed by atoms with Crippen LogP contribution in [-0.2, 0) is 4.79 Å². The van der Waals surface area contributed by atoms with Gasteiger partial charge in [0, 0.05) is 6.54 Å². The van der Waals surface area contributed by atoms with E-state index in [0.29, 0.717) is 11.4 Å². The molecule has 4 N–H and O–H groups in total. The quantitative estimate of drug-likeness (QED) is 0.716. The zero-order valence-corrected chi connectivity index (χ0v) is 10.3. The number of anilines is 1. The van der Waals surface area contributed by atoms with Crippen molar-refractivity contribution in [3.63, 3.8) is 0 Å². The number of benzene rings is 1. The van der Waals surface area contributed by atoms with Gasteiger partial charge in [0.15, 0.2) is 0 Å². The minimum atomic E-state index is -1.21. The highest BCUT2D eigenvalue weighted by Crippen LogP contribution is 2.29. The molecule has 94 valence electrons. The first-order chi connectivity index (χ1) is 7.99. The van der Waals surface area contributed by atoms with Crippen molar-refractivity contribution in [3.8, 4) is 5.75 Å². The first-order valence-corrected chi connectivity index (χ1v) is 5.33. The number of hydrogen-bond acceptors (Lipinski definition) is 4. The van der Waals surface area contributed by atoms with E-state index in [1.807, 2.05) is 19.9 Å². The molecule has 0 aliphatic heterocycles. The van der Waals surface area contributed by atoms with Crippen LogP contribution in [0.25, 0.3) is 0 Å². The summed E-state index contributed by atoms with van der Waals surface area (Å²) in [6.07, 6.45) is -1.21. The number of aryl methyl sites for hydroxylation is 2. The normalized spacial score (nSPS) is 12.1. The Hall–Kier alpha value is -1.59. The average molecular weight is 238 g/mol. The molecule has 5 nitrogen and oxygen atoms in total. The SMILES string of the molecule is COc1c(C)cc(C)cc1NC(=O)C(O)CN. The van der Waals surface area contributed by atoms with E-state index in [1.165, 1.54) is 7.11 Å². The number of carbonyl (C=O) groups excluding carboxylic acids is 1. The summed E-state index contributed by atoms with van der Waals surface area (Å²) in [5.41, 5.74) is 7.68. The number of nitrogens with one attached hydrogen (secondary N) is 1. The zero-order valence-electron chi connectivity index (χ0n) is 10.3. The van der Waals surface area contributed by atoms with Crippen LogP contribution in [0.5, 0.6) is 5.75 Å². The predicted octanol–water partition coefficient (Wildman–Crippen LogP) is 0.570. The van der Waals surface area contributed by atoms with Gasteiger partial charge in [0.1, 0.15) is 11.9 Å². The molecule has 0 aromatic heterocycles. The summed E-state index contributed by atoms with van der Waals surface area (Å²) in [6.45, 7) is 3.70. The molecule has 0 saturated carbocycles. The number of hydrogen-bond donors (Lipinski definition) is 3. The predicted molar refractivity (Wildman–Crippen MR) is 66.2 cm³/mol. The summed E-state index contributed by atoms with van der Waals surface area (Å²) >= 11 is 0. The third-order valence-electron chi connectivity index (χ3n) is 2.41. The first kappa shape index (κ1) is 13.5. The van der Waals surface area contributed by atoms with Crippen LogP contribution in [0.3, 0.4) is 0 Å². The lowest BCUT2D eigenvalue weighted by Gasteiger charge is -2.15. The van der Waals surface area contributed by atoms with Crippen molar-refractivity contribution < 1.29 is 14.6 Å². The minimum Gasteiger partial charge on any atom is -0.494 e. The van der Waals surface area contributed by atoms with E-state index < -0.39 is 12.0 Å². The summed E-state index contributed by atoms with van der Waals surface area (Å²) in [6, 6.07) is 3.74. The number of aliphatic hydroxyl groups is 1. The molecule has 0 aliphatic rings. The Morgan fingerprint density at radius 3 is 2.71 bits per heavy atom. The maximum absolute atomic E-state index is 11.5. The van der Waals surface area contributed by atoms with Crippen molar-refractivity contribution in [2.45, 2.75) is 20.0 Å². The molecular formula is C12H18N2O3. The standard InChI is InChI=1S/C12H18N2O3/c1-7-4-8(2)11(17-3)9(5-7)14-12(16)10(15)6-13/h4-5,10,15H,6,13H2,1-3H3,(H,14,16). The largest absolute Gasteiger partial charge is 0.494 e. The van der Waals surface area contributed by atoms with E-state index in [1.54, 1.807) is 6.07 Å². The number of carbonyl (C=O) groups is 1. The Morgan fingerprint density at radius 1 is 1.53 bits per heavy atom. The number of amides is 1.